The van der Waals surface area contributed by atoms with Gasteiger partial charge in [0.05, 0.1) is 17.1 Å². The Morgan fingerprint density at radius 2 is 1.57 bits per heavy atom. The fourth-order valence-corrected chi connectivity index (χ4v) is 6.73. The minimum absolute atomic E-state index is 0.0354. The zero-order chi connectivity index (χ0) is 36.0. The van der Waals surface area contributed by atoms with E-state index in [0.29, 0.717) is 49.2 Å². The van der Waals surface area contributed by atoms with Crippen LogP contribution in [0.4, 0.5) is 4.79 Å². The topological polar surface area (TPSA) is 167 Å². The van der Waals surface area contributed by atoms with Crippen LogP contribution in [0.2, 0.25) is 0 Å². The average Bonchev–Trinajstić information content (AvgIpc) is 3.02. The van der Waals surface area contributed by atoms with E-state index in [-0.39, 0.29) is 46.3 Å². The first kappa shape index (κ1) is 37.6. The molecule has 0 spiro atoms. The summed E-state index contributed by atoms with van der Waals surface area (Å²) in [6, 6.07) is 19.8. The van der Waals surface area contributed by atoms with Gasteiger partial charge >= 0.3 is 6.03 Å². The van der Waals surface area contributed by atoms with Crippen LogP contribution in [0.25, 0.3) is 11.1 Å². The van der Waals surface area contributed by atoms with E-state index in [1.165, 1.54) is 6.07 Å². The highest BCUT2D eigenvalue weighted by atomic mass is 32.2. The minimum Gasteiger partial charge on any atom is -0.384 e. The lowest BCUT2D eigenvalue weighted by atomic mass is 10.0. The molecule has 1 fully saturated rings. The number of amidine groups is 1. The van der Waals surface area contributed by atoms with Crippen LogP contribution >= 0.6 is 0 Å². The standard InChI is InChI=1S/C37H50N6O5S/c1-36(2,3)41-35(45)40-30-17-19-43(20-18-30)34(44)32(22-26-9-7-11-29(21-26)33(38)39)42-49(46,47)31-12-8-10-28(23-31)27-15-13-25(14-16-27)24-48-37(4,5)6/h7-16,21,23,30,32,42H,17-20,22,24H2,1-6H3,(H3,38,39)(H2,40,41,45)/t32-/m0/s1. The molecule has 0 bridgehead atoms. The number of hydrogen-bond donors (Lipinski definition) is 5. The Kier molecular flexibility index (Phi) is 11.9. The zero-order valence-corrected chi connectivity index (χ0v) is 30.1. The van der Waals surface area contributed by atoms with Crippen molar-refractivity contribution in [2.75, 3.05) is 13.1 Å². The van der Waals surface area contributed by atoms with Crippen molar-refractivity contribution in [3.05, 3.63) is 89.5 Å². The number of carbonyl (C=O) groups is 2. The fourth-order valence-electron chi connectivity index (χ4n) is 5.50. The van der Waals surface area contributed by atoms with E-state index < -0.39 is 16.1 Å². The predicted octanol–water partition coefficient (Wildman–Crippen LogP) is 4.93. The molecule has 1 aliphatic rings. The molecule has 1 heterocycles. The number of likely N-dealkylation sites (tertiary alicyclic amines) is 1. The second-order valence-electron chi connectivity index (χ2n) is 14.6. The summed E-state index contributed by atoms with van der Waals surface area (Å²) in [6.45, 7) is 12.9. The molecule has 4 rings (SSSR count). The van der Waals surface area contributed by atoms with Crippen LogP contribution in [0.5, 0.6) is 0 Å². The number of sulfonamides is 1. The Balaban J connectivity index is 1.53. The van der Waals surface area contributed by atoms with Crippen LogP contribution in [-0.4, -0.2) is 67.4 Å². The van der Waals surface area contributed by atoms with Crippen LogP contribution in [0.15, 0.2) is 77.7 Å². The van der Waals surface area contributed by atoms with Gasteiger partial charge in [-0.1, -0.05) is 54.6 Å². The third-order valence-electron chi connectivity index (χ3n) is 8.01. The van der Waals surface area contributed by atoms with Crippen molar-refractivity contribution in [1.29, 1.82) is 5.41 Å². The summed E-state index contributed by atoms with van der Waals surface area (Å²) >= 11 is 0. The highest BCUT2D eigenvalue weighted by Crippen LogP contribution is 2.25. The molecule has 3 aromatic rings. The van der Waals surface area contributed by atoms with Gasteiger partial charge in [-0.25, -0.2) is 13.2 Å². The summed E-state index contributed by atoms with van der Waals surface area (Å²) in [7, 11) is -4.15. The van der Waals surface area contributed by atoms with E-state index in [2.05, 4.69) is 15.4 Å². The molecule has 3 aromatic carbocycles. The summed E-state index contributed by atoms with van der Waals surface area (Å²) < 4.78 is 36.3. The van der Waals surface area contributed by atoms with Gasteiger partial charge in [-0.15, -0.1) is 0 Å². The minimum atomic E-state index is -4.15. The predicted molar refractivity (Wildman–Crippen MR) is 193 cm³/mol. The Morgan fingerprint density at radius 3 is 2.18 bits per heavy atom. The van der Waals surface area contributed by atoms with Gasteiger partial charge in [-0.3, -0.25) is 10.2 Å². The highest BCUT2D eigenvalue weighted by molar-refractivity contribution is 7.89. The SMILES string of the molecule is CC(C)(C)NC(=O)NC1CCN(C(=O)[C@H](Cc2cccc(C(=N)N)c2)NS(=O)(=O)c2cccc(-c3ccc(COC(C)(C)C)cc3)c2)CC1. The molecule has 12 heteroatoms. The second kappa shape index (κ2) is 15.5. The van der Waals surface area contributed by atoms with Crippen molar-refractivity contribution in [3.63, 3.8) is 0 Å². The smallest absolute Gasteiger partial charge is 0.315 e. The molecule has 264 valence electrons. The number of nitrogens with zero attached hydrogens (tertiary/aromatic N) is 1. The van der Waals surface area contributed by atoms with Gasteiger partial charge in [0.25, 0.3) is 0 Å². The normalized spacial score (nSPS) is 15.0. The second-order valence-corrected chi connectivity index (χ2v) is 16.3. The number of carbonyl (C=O) groups excluding carboxylic acids is 2. The molecule has 1 aliphatic heterocycles. The van der Waals surface area contributed by atoms with Crippen LogP contribution in [0.3, 0.4) is 0 Å². The molecule has 1 saturated heterocycles. The molecule has 0 saturated carbocycles. The van der Waals surface area contributed by atoms with Gasteiger partial charge in [0, 0.05) is 30.2 Å². The zero-order valence-electron chi connectivity index (χ0n) is 29.3. The van der Waals surface area contributed by atoms with Gasteiger partial charge in [-0.2, -0.15) is 4.72 Å². The molecule has 11 nitrogen and oxygen atoms in total. The van der Waals surface area contributed by atoms with Crippen LogP contribution < -0.4 is 21.1 Å². The number of nitrogens with one attached hydrogen (secondary N) is 4. The molecule has 0 unspecified atom stereocenters. The Hall–Kier alpha value is -4.26. The van der Waals surface area contributed by atoms with E-state index in [0.717, 1.165) is 11.1 Å². The molecule has 6 N–H and O–H groups in total. The fraction of sp³-hybridized carbons (Fsp3) is 0.432. The van der Waals surface area contributed by atoms with E-state index in [4.69, 9.17) is 15.9 Å². The third-order valence-corrected chi connectivity index (χ3v) is 9.48. The molecule has 0 radical (unpaired) electrons. The van der Waals surface area contributed by atoms with Crippen molar-refractivity contribution in [3.8, 4) is 11.1 Å². The largest absolute Gasteiger partial charge is 0.384 e. The number of nitrogen functional groups attached to an aromatic ring is 1. The summed E-state index contributed by atoms with van der Waals surface area (Å²) in [5.41, 5.74) is 8.78. The van der Waals surface area contributed by atoms with Gasteiger partial charge < -0.3 is 26.0 Å². The van der Waals surface area contributed by atoms with E-state index >= 15 is 0 Å². The quantitative estimate of drug-likeness (QED) is 0.141. The Bertz CT molecular complexity index is 1740. The third kappa shape index (κ3) is 11.4. The number of amides is 3. The lowest BCUT2D eigenvalue weighted by Gasteiger charge is -2.35. The maximum atomic E-state index is 14.0. The van der Waals surface area contributed by atoms with E-state index in [1.807, 2.05) is 71.9 Å². The summed E-state index contributed by atoms with van der Waals surface area (Å²) in [6.07, 6.45) is 1.13. The lowest BCUT2D eigenvalue weighted by molar-refractivity contribution is -0.134. The van der Waals surface area contributed by atoms with Crippen molar-refractivity contribution in [2.45, 2.75) is 95.5 Å². The van der Waals surface area contributed by atoms with Crippen LogP contribution in [-0.2, 0) is 32.6 Å². The Labute approximate surface area is 290 Å². The number of nitrogens with two attached hydrogens (primary N) is 1. The Morgan fingerprint density at radius 1 is 0.918 bits per heavy atom. The monoisotopic (exact) mass is 690 g/mol. The summed E-state index contributed by atoms with van der Waals surface area (Å²) in [5.74, 6) is -0.486. The molecule has 0 aliphatic carbocycles. The van der Waals surface area contributed by atoms with Gasteiger partial charge in [0.2, 0.25) is 15.9 Å². The van der Waals surface area contributed by atoms with Gasteiger partial charge in [0.15, 0.2) is 0 Å². The maximum Gasteiger partial charge on any atom is 0.315 e. The number of piperidine rings is 1. The molecule has 49 heavy (non-hydrogen) atoms. The van der Waals surface area contributed by atoms with Gasteiger partial charge in [0.1, 0.15) is 11.9 Å². The number of hydrogen-bond acceptors (Lipinski definition) is 6. The van der Waals surface area contributed by atoms with Crippen molar-refractivity contribution in [2.24, 2.45) is 5.73 Å². The lowest BCUT2D eigenvalue weighted by Crippen LogP contribution is -2.55. The average molecular weight is 691 g/mol. The summed E-state index contributed by atoms with van der Waals surface area (Å²) in [5, 5.41) is 13.7. The first-order chi connectivity index (χ1) is 22.9. The number of rotatable bonds is 11. The van der Waals surface area contributed by atoms with Crippen molar-refractivity contribution >= 4 is 27.8 Å². The first-order valence-corrected chi connectivity index (χ1v) is 18.0. The molecule has 1 atom stereocenters. The molecule has 0 aromatic heterocycles. The highest BCUT2D eigenvalue weighted by Gasteiger charge is 2.32. The number of urea groups is 1. The molecular formula is C37H50N6O5S. The van der Waals surface area contributed by atoms with Crippen molar-refractivity contribution < 1.29 is 22.7 Å². The van der Waals surface area contributed by atoms with Crippen molar-refractivity contribution in [1.82, 2.24) is 20.3 Å². The molecular weight excluding hydrogens is 641 g/mol. The van der Waals surface area contributed by atoms with E-state index in [9.17, 15) is 18.0 Å². The number of benzene rings is 3. The van der Waals surface area contributed by atoms with Crippen LogP contribution in [0.1, 0.15) is 71.1 Å². The first-order valence-electron chi connectivity index (χ1n) is 16.5. The van der Waals surface area contributed by atoms with Crippen LogP contribution in [0, 0.1) is 5.41 Å². The maximum absolute atomic E-state index is 14.0. The van der Waals surface area contributed by atoms with Gasteiger partial charge in [-0.05, 0) is 101 Å². The number of ether oxygens (including phenoxy) is 1. The van der Waals surface area contributed by atoms with E-state index in [1.54, 1.807) is 41.3 Å². The summed E-state index contributed by atoms with van der Waals surface area (Å²) in [4.78, 5) is 28.1. The molecule has 3 amide bonds.